The molecule has 0 rings (SSSR count). The molecule has 126 valence electrons. The maximum atomic E-state index is 11.1. The van der Waals surface area contributed by atoms with E-state index in [0.717, 1.165) is 18.4 Å². The Morgan fingerprint density at radius 1 is 0.913 bits per heavy atom. The molecule has 0 saturated heterocycles. The van der Waals surface area contributed by atoms with Crippen LogP contribution >= 0.6 is 0 Å². The van der Waals surface area contributed by atoms with Crippen LogP contribution in [0.15, 0.2) is 70.9 Å². The minimum Gasteiger partial charge on any atom is -0.466 e. The van der Waals surface area contributed by atoms with Crippen LogP contribution in [0.2, 0.25) is 0 Å². The van der Waals surface area contributed by atoms with Gasteiger partial charge in [0.15, 0.2) is 0 Å². The zero-order valence-corrected chi connectivity index (χ0v) is 15.3. The summed E-state index contributed by atoms with van der Waals surface area (Å²) in [6.07, 6.45) is 18.1. The molecule has 2 heteroatoms. The molecule has 23 heavy (non-hydrogen) atoms. The Bertz CT molecular complexity index is 548. The third kappa shape index (κ3) is 13.3. The fourth-order valence-corrected chi connectivity index (χ4v) is 1.73. The summed E-state index contributed by atoms with van der Waals surface area (Å²) >= 11 is 0. The van der Waals surface area contributed by atoms with Gasteiger partial charge in [0.05, 0.1) is 7.11 Å². The monoisotopic (exact) mass is 314 g/mol. The topological polar surface area (TPSA) is 26.3 Å². The second kappa shape index (κ2) is 12.5. The minimum atomic E-state index is -0.324. The zero-order valence-electron chi connectivity index (χ0n) is 15.3. The van der Waals surface area contributed by atoms with E-state index in [9.17, 15) is 4.79 Å². The molecule has 0 fully saturated rings. The van der Waals surface area contributed by atoms with Crippen molar-refractivity contribution in [3.63, 3.8) is 0 Å². The SMILES string of the molecule is COC(=O)\C=C(C)/C=C/C=C(\C)CC/C=C(C)/C=C/C=C(C)C. The number of ether oxygens (including phenoxy) is 1. The molecule has 0 amide bonds. The van der Waals surface area contributed by atoms with Crippen molar-refractivity contribution in [2.75, 3.05) is 7.11 Å². The van der Waals surface area contributed by atoms with Gasteiger partial charge in [-0.2, -0.15) is 0 Å². The molecular weight excluding hydrogens is 284 g/mol. The van der Waals surface area contributed by atoms with E-state index in [1.807, 2.05) is 19.1 Å². The van der Waals surface area contributed by atoms with Crippen molar-refractivity contribution in [2.24, 2.45) is 0 Å². The van der Waals surface area contributed by atoms with Crippen LogP contribution in [-0.4, -0.2) is 13.1 Å². The summed E-state index contributed by atoms with van der Waals surface area (Å²) in [5.41, 5.74) is 4.77. The molecule has 2 nitrogen and oxygen atoms in total. The third-order valence-corrected chi connectivity index (χ3v) is 3.08. The first-order valence-electron chi connectivity index (χ1n) is 7.93. The Labute approximate surface area is 141 Å². The van der Waals surface area contributed by atoms with Crippen LogP contribution in [0.5, 0.6) is 0 Å². The first-order chi connectivity index (χ1) is 10.8. The minimum absolute atomic E-state index is 0.324. The molecule has 0 atom stereocenters. The predicted octanol–water partition coefficient (Wildman–Crippen LogP) is 5.86. The van der Waals surface area contributed by atoms with Gasteiger partial charge >= 0.3 is 5.97 Å². The number of hydrogen-bond acceptors (Lipinski definition) is 2. The lowest BCUT2D eigenvalue weighted by Crippen LogP contribution is -1.94. The summed E-state index contributed by atoms with van der Waals surface area (Å²) in [4.78, 5) is 11.1. The molecule has 0 aliphatic heterocycles. The van der Waals surface area contributed by atoms with Crippen molar-refractivity contribution < 1.29 is 9.53 Å². The fourth-order valence-electron chi connectivity index (χ4n) is 1.73. The Balaban J connectivity index is 4.36. The van der Waals surface area contributed by atoms with Crippen LogP contribution in [-0.2, 0) is 9.53 Å². The van der Waals surface area contributed by atoms with E-state index in [1.165, 1.54) is 29.9 Å². The van der Waals surface area contributed by atoms with E-state index < -0.39 is 0 Å². The van der Waals surface area contributed by atoms with E-state index in [0.29, 0.717) is 0 Å². The average molecular weight is 314 g/mol. The second-order valence-electron chi connectivity index (χ2n) is 5.87. The highest BCUT2D eigenvalue weighted by molar-refractivity contribution is 5.83. The Hall–Kier alpha value is -2.09. The summed E-state index contributed by atoms with van der Waals surface area (Å²) in [6, 6.07) is 0. The van der Waals surface area contributed by atoms with Gasteiger partial charge in [-0.25, -0.2) is 4.79 Å². The van der Waals surface area contributed by atoms with Crippen LogP contribution in [0, 0.1) is 0 Å². The maximum absolute atomic E-state index is 11.1. The van der Waals surface area contributed by atoms with Gasteiger partial charge in [-0.3, -0.25) is 0 Å². The van der Waals surface area contributed by atoms with E-state index in [4.69, 9.17) is 0 Å². The normalized spacial score (nSPS) is 13.7. The molecule has 0 aromatic carbocycles. The zero-order chi connectivity index (χ0) is 17.7. The number of esters is 1. The van der Waals surface area contributed by atoms with Gasteiger partial charge in [-0.1, -0.05) is 59.3 Å². The number of carbonyl (C=O) groups excluding carboxylic acids is 1. The lowest BCUT2D eigenvalue weighted by Gasteiger charge is -1.97. The lowest BCUT2D eigenvalue weighted by atomic mass is 10.1. The van der Waals surface area contributed by atoms with Crippen LogP contribution in [0.3, 0.4) is 0 Å². The molecule has 0 N–H and O–H groups in total. The van der Waals surface area contributed by atoms with E-state index in [2.05, 4.69) is 62.8 Å². The van der Waals surface area contributed by atoms with Crippen LogP contribution in [0.1, 0.15) is 47.5 Å². The van der Waals surface area contributed by atoms with Crippen LogP contribution in [0.25, 0.3) is 0 Å². The predicted molar refractivity (Wildman–Crippen MR) is 100 cm³/mol. The van der Waals surface area contributed by atoms with Crippen molar-refractivity contribution >= 4 is 5.97 Å². The molecule has 0 aliphatic carbocycles. The van der Waals surface area contributed by atoms with Crippen molar-refractivity contribution in [3.8, 4) is 0 Å². The van der Waals surface area contributed by atoms with Gasteiger partial charge in [0.2, 0.25) is 0 Å². The van der Waals surface area contributed by atoms with Gasteiger partial charge in [-0.15, -0.1) is 0 Å². The standard InChI is InChI=1S/C21H30O2/c1-17(2)10-7-11-18(3)12-8-13-19(4)14-9-15-20(5)16-21(22)23-6/h7,9-12,14-16H,8,13H2,1-6H3/b11-7+,15-9+,18-12+,19-14+,20-16-. The molecular formula is C21H30O2. The molecule has 0 bridgehead atoms. The smallest absolute Gasteiger partial charge is 0.330 e. The number of rotatable bonds is 8. The van der Waals surface area contributed by atoms with Crippen molar-refractivity contribution in [3.05, 3.63) is 70.9 Å². The van der Waals surface area contributed by atoms with Crippen molar-refractivity contribution in [1.29, 1.82) is 0 Å². The van der Waals surface area contributed by atoms with E-state index >= 15 is 0 Å². The third-order valence-electron chi connectivity index (χ3n) is 3.08. The summed E-state index contributed by atoms with van der Waals surface area (Å²) in [5, 5.41) is 0. The van der Waals surface area contributed by atoms with Crippen molar-refractivity contribution in [1.82, 2.24) is 0 Å². The Morgan fingerprint density at radius 2 is 1.52 bits per heavy atom. The summed E-state index contributed by atoms with van der Waals surface area (Å²) in [6.45, 7) is 10.3. The van der Waals surface area contributed by atoms with Crippen LogP contribution in [0.4, 0.5) is 0 Å². The maximum Gasteiger partial charge on any atom is 0.330 e. The van der Waals surface area contributed by atoms with Crippen LogP contribution < -0.4 is 0 Å². The average Bonchev–Trinajstić information content (AvgIpc) is 2.46. The first kappa shape index (κ1) is 20.9. The number of hydrogen-bond donors (Lipinski definition) is 0. The highest BCUT2D eigenvalue weighted by Gasteiger charge is 1.92. The van der Waals surface area contributed by atoms with Gasteiger partial charge in [0.1, 0.15) is 0 Å². The number of carbonyl (C=O) groups is 1. The van der Waals surface area contributed by atoms with Gasteiger partial charge in [0.25, 0.3) is 0 Å². The molecule has 0 saturated carbocycles. The van der Waals surface area contributed by atoms with E-state index in [-0.39, 0.29) is 5.97 Å². The first-order valence-corrected chi connectivity index (χ1v) is 7.93. The summed E-state index contributed by atoms with van der Waals surface area (Å²) < 4.78 is 4.58. The van der Waals surface area contributed by atoms with Crippen molar-refractivity contribution in [2.45, 2.75) is 47.5 Å². The largest absolute Gasteiger partial charge is 0.466 e. The highest BCUT2D eigenvalue weighted by atomic mass is 16.5. The highest BCUT2D eigenvalue weighted by Crippen LogP contribution is 2.08. The summed E-state index contributed by atoms with van der Waals surface area (Å²) in [5.74, 6) is -0.324. The number of allylic oxidation sites excluding steroid dienone is 11. The Kier molecular flexibility index (Phi) is 11.3. The molecule has 0 radical (unpaired) electrons. The molecule has 0 aromatic heterocycles. The Morgan fingerprint density at radius 3 is 2.13 bits per heavy atom. The summed E-state index contributed by atoms with van der Waals surface area (Å²) in [7, 11) is 1.38. The second-order valence-corrected chi connectivity index (χ2v) is 5.87. The fraction of sp³-hybridized carbons (Fsp3) is 0.381. The molecule has 0 aromatic rings. The number of methoxy groups -OCH3 is 1. The molecule has 0 heterocycles. The lowest BCUT2D eigenvalue weighted by molar-refractivity contribution is -0.134. The van der Waals surface area contributed by atoms with E-state index in [1.54, 1.807) is 0 Å². The van der Waals surface area contributed by atoms with Gasteiger partial charge < -0.3 is 4.74 Å². The van der Waals surface area contributed by atoms with Gasteiger partial charge in [-0.05, 0) is 53.0 Å². The van der Waals surface area contributed by atoms with Gasteiger partial charge in [0, 0.05) is 6.08 Å². The molecule has 0 unspecified atom stereocenters. The quantitative estimate of drug-likeness (QED) is 0.319. The molecule has 0 spiro atoms. The molecule has 0 aliphatic rings.